The number of nitrogens with zero attached hydrogens (tertiary/aromatic N) is 1. The fourth-order valence-corrected chi connectivity index (χ4v) is 3.19. The summed E-state index contributed by atoms with van der Waals surface area (Å²) in [6, 6.07) is -5.41. The predicted octanol–water partition coefficient (Wildman–Crippen LogP) is -2.40. The van der Waals surface area contributed by atoms with Crippen molar-refractivity contribution in [3.8, 4) is 0 Å². The number of imidazole rings is 1. The number of rotatable bonds is 16. The van der Waals surface area contributed by atoms with E-state index in [4.69, 9.17) is 11.5 Å². The van der Waals surface area contributed by atoms with Gasteiger partial charge < -0.3 is 42.6 Å². The van der Waals surface area contributed by atoms with Crippen molar-refractivity contribution in [3.05, 3.63) is 18.2 Å². The molecule has 0 bridgehead atoms. The standard InChI is InChI=1S/C21H33N7O8/c1-10(2)5-12(22)18(32)27-15(7-17(30)31)20(34)28-14(6-11-8-24-9-25-11)19(33)26-13(21(35)36)3-4-16(23)29/h8-10,12-15H,3-7,22H2,1-2H3,(H2,23,29)(H,24,25)(H,26,33)(H,27,32)(H,28,34)(H,30,31)(H,35,36). The van der Waals surface area contributed by atoms with E-state index in [0.717, 1.165) is 0 Å². The Morgan fingerprint density at radius 3 is 2.06 bits per heavy atom. The summed E-state index contributed by atoms with van der Waals surface area (Å²) in [5, 5.41) is 25.4. The van der Waals surface area contributed by atoms with E-state index in [2.05, 4.69) is 25.9 Å². The molecule has 15 heteroatoms. The van der Waals surface area contributed by atoms with Crippen LogP contribution in [-0.4, -0.2) is 79.9 Å². The lowest BCUT2D eigenvalue weighted by Crippen LogP contribution is -2.58. The smallest absolute Gasteiger partial charge is 0.326 e. The number of carbonyl (C=O) groups excluding carboxylic acids is 4. The van der Waals surface area contributed by atoms with Crippen LogP contribution in [-0.2, 0) is 35.2 Å². The lowest BCUT2D eigenvalue weighted by atomic mass is 10.0. The minimum absolute atomic E-state index is 0.0664. The highest BCUT2D eigenvalue weighted by Gasteiger charge is 2.32. The third kappa shape index (κ3) is 10.9. The molecule has 4 unspecified atom stereocenters. The number of carbonyl (C=O) groups is 6. The van der Waals surface area contributed by atoms with Crippen LogP contribution in [0.15, 0.2) is 12.5 Å². The number of hydrogen-bond acceptors (Lipinski definition) is 8. The molecule has 0 spiro atoms. The Bertz CT molecular complexity index is 935. The Labute approximate surface area is 206 Å². The molecule has 0 aromatic carbocycles. The molecule has 10 N–H and O–H groups in total. The van der Waals surface area contributed by atoms with Crippen molar-refractivity contribution < 1.29 is 39.0 Å². The molecule has 0 saturated carbocycles. The van der Waals surface area contributed by atoms with Crippen molar-refractivity contribution in [2.75, 3.05) is 0 Å². The van der Waals surface area contributed by atoms with Crippen molar-refractivity contribution in [2.45, 2.75) is 70.1 Å². The van der Waals surface area contributed by atoms with Gasteiger partial charge in [0.15, 0.2) is 0 Å². The molecule has 1 heterocycles. The average molecular weight is 512 g/mol. The van der Waals surface area contributed by atoms with Crippen LogP contribution in [0.2, 0.25) is 0 Å². The van der Waals surface area contributed by atoms with Crippen molar-refractivity contribution in [1.82, 2.24) is 25.9 Å². The molecule has 1 aromatic heterocycles. The molecule has 4 amide bonds. The first-order valence-corrected chi connectivity index (χ1v) is 11.2. The van der Waals surface area contributed by atoms with Crippen LogP contribution < -0.4 is 27.4 Å². The Morgan fingerprint density at radius 2 is 1.56 bits per heavy atom. The number of aromatic amines is 1. The molecule has 0 aliphatic carbocycles. The Kier molecular flexibility index (Phi) is 12.0. The minimum Gasteiger partial charge on any atom is -0.481 e. The number of aromatic nitrogens is 2. The highest BCUT2D eigenvalue weighted by atomic mass is 16.4. The van der Waals surface area contributed by atoms with E-state index in [1.807, 2.05) is 13.8 Å². The summed E-state index contributed by atoms with van der Waals surface area (Å²) in [5.74, 6) is -6.17. The highest BCUT2D eigenvalue weighted by Crippen LogP contribution is 2.06. The third-order valence-electron chi connectivity index (χ3n) is 4.98. The fourth-order valence-electron chi connectivity index (χ4n) is 3.19. The number of aliphatic carboxylic acids is 2. The summed E-state index contributed by atoms with van der Waals surface area (Å²) >= 11 is 0. The molecular weight excluding hydrogens is 478 g/mol. The van der Waals surface area contributed by atoms with Crippen molar-refractivity contribution in [3.63, 3.8) is 0 Å². The lowest BCUT2D eigenvalue weighted by molar-refractivity contribution is -0.143. The van der Waals surface area contributed by atoms with Crippen LogP contribution in [0.4, 0.5) is 0 Å². The van der Waals surface area contributed by atoms with Gasteiger partial charge in [0, 0.05) is 24.7 Å². The molecule has 1 aromatic rings. The first kappa shape index (κ1) is 30.0. The largest absolute Gasteiger partial charge is 0.481 e. The van der Waals surface area contributed by atoms with Crippen LogP contribution in [0.3, 0.4) is 0 Å². The number of primary amides is 1. The van der Waals surface area contributed by atoms with Gasteiger partial charge in [0.2, 0.25) is 23.6 Å². The van der Waals surface area contributed by atoms with Gasteiger partial charge in [-0.3, -0.25) is 24.0 Å². The zero-order valence-electron chi connectivity index (χ0n) is 20.0. The number of nitrogens with one attached hydrogen (secondary N) is 4. The van der Waals surface area contributed by atoms with Crippen molar-refractivity contribution in [2.24, 2.45) is 17.4 Å². The Hall–Kier alpha value is -4.01. The molecule has 0 aliphatic rings. The van der Waals surface area contributed by atoms with E-state index in [0.29, 0.717) is 12.1 Å². The number of carboxylic acids is 2. The molecule has 36 heavy (non-hydrogen) atoms. The summed E-state index contributed by atoms with van der Waals surface area (Å²) in [5.41, 5.74) is 11.3. The molecule has 1 rings (SSSR count). The van der Waals surface area contributed by atoms with Gasteiger partial charge in [-0.1, -0.05) is 13.8 Å². The van der Waals surface area contributed by atoms with Crippen LogP contribution in [0, 0.1) is 5.92 Å². The van der Waals surface area contributed by atoms with Crippen molar-refractivity contribution in [1.29, 1.82) is 0 Å². The summed E-state index contributed by atoms with van der Waals surface area (Å²) < 4.78 is 0. The molecule has 0 radical (unpaired) electrons. The number of hydrogen-bond donors (Lipinski definition) is 8. The Balaban J connectivity index is 3.07. The third-order valence-corrected chi connectivity index (χ3v) is 4.98. The highest BCUT2D eigenvalue weighted by molar-refractivity contribution is 5.95. The van der Waals surface area contributed by atoms with E-state index in [1.54, 1.807) is 0 Å². The second-order valence-electron chi connectivity index (χ2n) is 8.64. The van der Waals surface area contributed by atoms with Gasteiger partial charge in [-0.05, 0) is 18.8 Å². The van der Waals surface area contributed by atoms with Gasteiger partial charge in [0.1, 0.15) is 18.1 Å². The maximum Gasteiger partial charge on any atom is 0.326 e. The van der Waals surface area contributed by atoms with Gasteiger partial charge >= 0.3 is 11.9 Å². The van der Waals surface area contributed by atoms with Gasteiger partial charge in [0.05, 0.1) is 18.8 Å². The van der Waals surface area contributed by atoms with E-state index in [9.17, 15) is 39.0 Å². The predicted molar refractivity (Wildman–Crippen MR) is 124 cm³/mol. The van der Waals surface area contributed by atoms with Gasteiger partial charge in [0.25, 0.3) is 0 Å². The summed E-state index contributed by atoms with van der Waals surface area (Å²) in [6.45, 7) is 3.67. The second kappa shape index (κ2) is 14.4. The van der Waals surface area contributed by atoms with Gasteiger partial charge in [-0.25, -0.2) is 9.78 Å². The maximum absolute atomic E-state index is 12.9. The number of carboxylic acid groups (broad SMARTS) is 2. The quantitative estimate of drug-likeness (QED) is 0.117. The van der Waals surface area contributed by atoms with E-state index < -0.39 is 66.2 Å². The molecule has 0 saturated heterocycles. The number of H-pyrrole nitrogens is 1. The molecule has 200 valence electrons. The first-order valence-electron chi connectivity index (χ1n) is 11.2. The number of amides is 4. The van der Waals surface area contributed by atoms with Crippen LogP contribution in [0.5, 0.6) is 0 Å². The summed E-state index contributed by atoms with van der Waals surface area (Å²) in [6.07, 6.45) is 1.43. The van der Waals surface area contributed by atoms with Crippen LogP contribution in [0.25, 0.3) is 0 Å². The van der Waals surface area contributed by atoms with Crippen LogP contribution >= 0.6 is 0 Å². The van der Waals surface area contributed by atoms with E-state index >= 15 is 0 Å². The van der Waals surface area contributed by atoms with Crippen molar-refractivity contribution >= 4 is 35.6 Å². The zero-order chi connectivity index (χ0) is 27.4. The number of nitrogens with two attached hydrogens (primary N) is 2. The minimum atomic E-state index is -1.56. The normalized spacial score (nSPS) is 14.2. The van der Waals surface area contributed by atoms with Crippen LogP contribution in [0.1, 0.15) is 45.2 Å². The lowest BCUT2D eigenvalue weighted by Gasteiger charge is -2.24. The molecular formula is C21H33N7O8. The molecule has 0 aliphatic heterocycles. The SMILES string of the molecule is CC(C)CC(N)C(=O)NC(CC(=O)O)C(=O)NC(Cc1cnc[nH]1)C(=O)NC(CCC(N)=O)C(=O)O. The first-order chi connectivity index (χ1) is 16.8. The molecule has 4 atom stereocenters. The Morgan fingerprint density at radius 1 is 0.972 bits per heavy atom. The fraction of sp³-hybridized carbons (Fsp3) is 0.571. The average Bonchev–Trinajstić information content (AvgIpc) is 3.27. The topological polar surface area (TPSA) is 260 Å². The zero-order valence-corrected chi connectivity index (χ0v) is 20.0. The summed E-state index contributed by atoms with van der Waals surface area (Å²) in [4.78, 5) is 78.6. The molecule has 0 fully saturated rings. The molecule has 15 nitrogen and oxygen atoms in total. The van der Waals surface area contributed by atoms with Gasteiger partial charge in [-0.15, -0.1) is 0 Å². The van der Waals surface area contributed by atoms with E-state index in [-0.39, 0.29) is 25.2 Å². The van der Waals surface area contributed by atoms with Gasteiger partial charge in [-0.2, -0.15) is 0 Å². The maximum atomic E-state index is 12.9. The van der Waals surface area contributed by atoms with E-state index in [1.165, 1.54) is 12.5 Å². The summed E-state index contributed by atoms with van der Waals surface area (Å²) in [7, 11) is 0. The second-order valence-corrected chi connectivity index (χ2v) is 8.64. The monoisotopic (exact) mass is 511 g/mol.